The molecule has 1 aliphatic heterocycles. The molecule has 0 N–H and O–H groups in total. The third kappa shape index (κ3) is 3.06. The van der Waals surface area contributed by atoms with E-state index >= 15 is 0 Å². The molecule has 3 atom stereocenters. The standard InChI is InChI=1S/C18H26O5/c1-10(2)11-9-12(23-16(21)17(3,4)5)18(6)7-8-22-15(20)13(18)14(11)19/h12-13H,7-9H2,1-6H3/t12-,13?,18+/m0/s1. The summed E-state index contributed by atoms with van der Waals surface area (Å²) in [6.45, 7) is 11.2. The second-order valence-corrected chi connectivity index (χ2v) is 8.05. The normalized spacial score (nSPS) is 31.3. The number of ketones is 1. The second-order valence-electron chi connectivity index (χ2n) is 8.05. The quantitative estimate of drug-likeness (QED) is 0.422. The molecule has 2 rings (SSSR count). The maximum absolute atomic E-state index is 12.7. The molecule has 1 heterocycles. The van der Waals surface area contributed by atoms with Crippen LogP contribution in [0.1, 0.15) is 54.4 Å². The van der Waals surface area contributed by atoms with E-state index in [1.807, 2.05) is 20.8 Å². The summed E-state index contributed by atoms with van der Waals surface area (Å²) in [6, 6.07) is 0. The number of fused-ring (bicyclic) bond motifs is 1. The molecule has 5 nitrogen and oxygen atoms in total. The first-order chi connectivity index (χ1) is 10.5. The molecule has 1 aliphatic carbocycles. The summed E-state index contributed by atoms with van der Waals surface area (Å²) in [7, 11) is 0. The van der Waals surface area contributed by atoms with E-state index in [2.05, 4.69) is 0 Å². The summed E-state index contributed by atoms with van der Waals surface area (Å²) in [5.74, 6) is -1.88. The lowest BCUT2D eigenvalue weighted by Gasteiger charge is -2.48. The Hall–Kier alpha value is -1.65. The summed E-state index contributed by atoms with van der Waals surface area (Å²) in [5, 5.41) is 0. The number of hydrogen-bond donors (Lipinski definition) is 0. The van der Waals surface area contributed by atoms with Crippen LogP contribution in [0, 0.1) is 16.7 Å². The Kier molecular flexibility index (Phi) is 4.44. The van der Waals surface area contributed by atoms with Gasteiger partial charge in [-0.05, 0) is 46.6 Å². The minimum Gasteiger partial charge on any atom is -0.465 e. The molecule has 0 spiro atoms. The zero-order valence-electron chi connectivity index (χ0n) is 14.8. The molecule has 2 fully saturated rings. The van der Waals surface area contributed by atoms with Gasteiger partial charge in [-0.25, -0.2) is 0 Å². The number of rotatable bonds is 1. The van der Waals surface area contributed by atoms with Crippen LogP contribution in [-0.4, -0.2) is 30.4 Å². The number of Topliss-reactive ketones (excluding diaryl/α,β-unsaturated/α-hetero) is 1. The average Bonchev–Trinajstić information content (AvgIpc) is 2.40. The topological polar surface area (TPSA) is 69.7 Å². The fourth-order valence-corrected chi connectivity index (χ4v) is 3.25. The van der Waals surface area contributed by atoms with Crippen molar-refractivity contribution in [3.63, 3.8) is 0 Å². The fourth-order valence-electron chi connectivity index (χ4n) is 3.25. The summed E-state index contributed by atoms with van der Waals surface area (Å²) < 4.78 is 10.9. The Morgan fingerprint density at radius 1 is 1.26 bits per heavy atom. The minimum atomic E-state index is -0.882. The maximum atomic E-state index is 12.7. The van der Waals surface area contributed by atoms with Crippen LogP contribution in [0.25, 0.3) is 0 Å². The van der Waals surface area contributed by atoms with Gasteiger partial charge in [0.25, 0.3) is 0 Å². The Morgan fingerprint density at radius 2 is 1.87 bits per heavy atom. The van der Waals surface area contributed by atoms with Crippen molar-refractivity contribution in [3.05, 3.63) is 11.1 Å². The zero-order chi connectivity index (χ0) is 17.6. The van der Waals surface area contributed by atoms with Crippen LogP contribution in [-0.2, 0) is 23.9 Å². The molecule has 1 saturated heterocycles. The Labute approximate surface area is 137 Å². The predicted octanol–water partition coefficient (Wildman–Crippen LogP) is 2.82. The lowest BCUT2D eigenvalue weighted by Crippen LogP contribution is -2.57. The first-order valence-corrected chi connectivity index (χ1v) is 8.07. The van der Waals surface area contributed by atoms with Crippen molar-refractivity contribution in [2.45, 2.75) is 60.5 Å². The van der Waals surface area contributed by atoms with Gasteiger partial charge in [-0.2, -0.15) is 0 Å². The molecule has 128 valence electrons. The van der Waals surface area contributed by atoms with Crippen LogP contribution in [0.5, 0.6) is 0 Å². The monoisotopic (exact) mass is 322 g/mol. The van der Waals surface area contributed by atoms with E-state index in [1.165, 1.54) is 0 Å². The van der Waals surface area contributed by atoms with E-state index in [0.29, 0.717) is 18.4 Å². The number of carbonyl (C=O) groups is 3. The van der Waals surface area contributed by atoms with E-state index < -0.39 is 28.8 Å². The number of hydrogen-bond acceptors (Lipinski definition) is 5. The van der Waals surface area contributed by atoms with E-state index in [-0.39, 0.29) is 18.4 Å². The smallest absolute Gasteiger partial charge is 0.317 e. The van der Waals surface area contributed by atoms with Gasteiger partial charge in [0.15, 0.2) is 5.78 Å². The van der Waals surface area contributed by atoms with Crippen LogP contribution >= 0.6 is 0 Å². The van der Waals surface area contributed by atoms with Crippen LogP contribution in [0.3, 0.4) is 0 Å². The Bertz CT molecular complexity index is 577. The lowest BCUT2D eigenvalue weighted by molar-refractivity contribution is -0.189. The number of esters is 2. The number of ether oxygens (including phenoxy) is 2. The predicted molar refractivity (Wildman–Crippen MR) is 84.5 cm³/mol. The van der Waals surface area contributed by atoms with Gasteiger partial charge in [-0.3, -0.25) is 14.4 Å². The first-order valence-electron chi connectivity index (χ1n) is 8.07. The molecule has 0 radical (unpaired) electrons. The molecule has 5 heteroatoms. The summed E-state index contributed by atoms with van der Waals surface area (Å²) >= 11 is 0. The van der Waals surface area contributed by atoms with Crippen molar-refractivity contribution in [2.75, 3.05) is 6.61 Å². The summed E-state index contributed by atoms with van der Waals surface area (Å²) in [4.78, 5) is 37.3. The highest BCUT2D eigenvalue weighted by molar-refractivity contribution is 6.10. The van der Waals surface area contributed by atoms with Gasteiger partial charge in [-0.1, -0.05) is 12.5 Å². The third-order valence-corrected chi connectivity index (χ3v) is 4.93. The molecule has 1 unspecified atom stereocenters. The van der Waals surface area contributed by atoms with Gasteiger partial charge in [-0.15, -0.1) is 0 Å². The number of cyclic esters (lactones) is 1. The van der Waals surface area contributed by atoms with Crippen LogP contribution in [0.2, 0.25) is 0 Å². The highest BCUT2D eigenvalue weighted by Crippen LogP contribution is 2.49. The fraction of sp³-hybridized carbons (Fsp3) is 0.722. The number of carbonyl (C=O) groups excluding carboxylic acids is 3. The van der Waals surface area contributed by atoms with Gasteiger partial charge in [0.05, 0.1) is 12.0 Å². The molecule has 1 saturated carbocycles. The lowest BCUT2D eigenvalue weighted by atomic mass is 9.60. The largest absolute Gasteiger partial charge is 0.465 e. The molecule has 0 bridgehead atoms. The van der Waals surface area contributed by atoms with E-state index in [4.69, 9.17) is 9.47 Å². The molecule has 0 amide bonds. The molecule has 0 aromatic heterocycles. The van der Waals surface area contributed by atoms with Crippen molar-refractivity contribution in [1.82, 2.24) is 0 Å². The van der Waals surface area contributed by atoms with Crippen molar-refractivity contribution in [2.24, 2.45) is 16.7 Å². The molecule has 0 aromatic rings. The summed E-state index contributed by atoms with van der Waals surface area (Å²) in [5.41, 5.74) is 0.102. The Morgan fingerprint density at radius 3 is 2.39 bits per heavy atom. The van der Waals surface area contributed by atoms with Gasteiger partial charge in [0.1, 0.15) is 12.0 Å². The molecule has 2 aliphatic rings. The Balaban J connectivity index is 2.43. The van der Waals surface area contributed by atoms with Gasteiger partial charge in [0.2, 0.25) is 0 Å². The SMILES string of the molecule is CC(C)=C1C[C@H](OC(=O)C(C)(C)C)[C@@]2(C)CCOC(=O)C2C1=O. The second kappa shape index (κ2) is 5.77. The van der Waals surface area contributed by atoms with Gasteiger partial charge >= 0.3 is 11.9 Å². The summed E-state index contributed by atoms with van der Waals surface area (Å²) in [6.07, 6.45) is 0.394. The number of allylic oxidation sites excluding steroid dienone is 1. The van der Waals surface area contributed by atoms with Crippen molar-refractivity contribution in [1.29, 1.82) is 0 Å². The van der Waals surface area contributed by atoms with Crippen molar-refractivity contribution >= 4 is 17.7 Å². The molecule has 0 aromatic carbocycles. The zero-order valence-corrected chi connectivity index (χ0v) is 14.8. The molecular weight excluding hydrogens is 296 g/mol. The van der Waals surface area contributed by atoms with Gasteiger partial charge < -0.3 is 9.47 Å². The van der Waals surface area contributed by atoms with Crippen LogP contribution in [0.15, 0.2) is 11.1 Å². The highest BCUT2D eigenvalue weighted by Gasteiger charge is 2.58. The highest BCUT2D eigenvalue weighted by atomic mass is 16.6. The third-order valence-electron chi connectivity index (χ3n) is 4.93. The molecular formula is C18H26O5. The van der Waals surface area contributed by atoms with E-state index in [9.17, 15) is 14.4 Å². The van der Waals surface area contributed by atoms with Crippen LogP contribution < -0.4 is 0 Å². The van der Waals surface area contributed by atoms with Crippen molar-refractivity contribution < 1.29 is 23.9 Å². The van der Waals surface area contributed by atoms with Gasteiger partial charge in [0, 0.05) is 11.8 Å². The van der Waals surface area contributed by atoms with Crippen molar-refractivity contribution in [3.8, 4) is 0 Å². The van der Waals surface area contributed by atoms with E-state index in [0.717, 1.165) is 5.57 Å². The minimum absolute atomic E-state index is 0.180. The average molecular weight is 322 g/mol. The first kappa shape index (κ1) is 17.7. The van der Waals surface area contributed by atoms with Crippen LogP contribution in [0.4, 0.5) is 0 Å². The van der Waals surface area contributed by atoms with E-state index in [1.54, 1.807) is 20.8 Å². The maximum Gasteiger partial charge on any atom is 0.317 e. The molecule has 23 heavy (non-hydrogen) atoms.